The van der Waals surface area contributed by atoms with Crippen molar-refractivity contribution in [1.29, 1.82) is 0 Å². The lowest BCUT2D eigenvalue weighted by Gasteiger charge is -2.30. The van der Waals surface area contributed by atoms with Crippen LogP contribution >= 0.6 is 0 Å². The van der Waals surface area contributed by atoms with Crippen LogP contribution in [0.4, 0.5) is 0 Å². The van der Waals surface area contributed by atoms with E-state index in [4.69, 9.17) is 0 Å². The van der Waals surface area contributed by atoms with Crippen LogP contribution in [0.2, 0.25) is 0 Å². The minimum atomic E-state index is 0.0248. The Morgan fingerprint density at radius 2 is 1.41 bits per heavy atom. The molecule has 2 aromatic rings. The average Bonchev–Trinajstić information content (AvgIpc) is 2.77. The first-order valence-electron chi connectivity index (χ1n) is 11.6. The van der Waals surface area contributed by atoms with Crippen molar-refractivity contribution in [1.82, 2.24) is 9.88 Å². The van der Waals surface area contributed by atoms with Gasteiger partial charge in [-0.2, -0.15) is 0 Å². The fourth-order valence-corrected chi connectivity index (χ4v) is 3.95. The van der Waals surface area contributed by atoms with Crippen molar-refractivity contribution < 1.29 is 5.11 Å². The molecule has 3 nitrogen and oxygen atoms in total. The van der Waals surface area contributed by atoms with E-state index in [0.29, 0.717) is 0 Å². The molecule has 0 amide bonds. The van der Waals surface area contributed by atoms with E-state index in [9.17, 15) is 5.11 Å². The molecule has 0 unspecified atom stereocenters. The van der Waals surface area contributed by atoms with Gasteiger partial charge in [0.25, 0.3) is 0 Å². The molecule has 0 radical (unpaired) electrons. The van der Waals surface area contributed by atoms with Gasteiger partial charge in [0.05, 0.1) is 18.3 Å². The minimum Gasteiger partial charge on any atom is -0.394 e. The first-order chi connectivity index (χ1) is 14.3. The molecule has 0 saturated heterocycles. The Kier molecular flexibility index (Phi) is 12.3. The standard InChI is InChI=1S/C26H40N2O/c1-2-3-4-5-6-7-8-9-10-16-21-28(22-25-19-14-15-20-27-25)26(23-29)24-17-12-11-13-18-24/h11-15,17-20,26,29H,2-10,16,21-23H2,1H3/t26-/m0/s1. The Morgan fingerprint density at radius 1 is 0.793 bits per heavy atom. The molecule has 0 bridgehead atoms. The highest BCUT2D eigenvalue weighted by Crippen LogP contribution is 2.23. The van der Waals surface area contributed by atoms with Crippen LogP contribution in [0.3, 0.4) is 0 Å². The van der Waals surface area contributed by atoms with Gasteiger partial charge in [-0.15, -0.1) is 0 Å². The Bertz CT molecular complexity index is 617. The summed E-state index contributed by atoms with van der Waals surface area (Å²) in [6.07, 6.45) is 15.3. The highest BCUT2D eigenvalue weighted by Gasteiger charge is 2.20. The Hall–Kier alpha value is -1.71. The van der Waals surface area contributed by atoms with Gasteiger partial charge < -0.3 is 5.11 Å². The molecule has 29 heavy (non-hydrogen) atoms. The summed E-state index contributed by atoms with van der Waals surface area (Å²) in [7, 11) is 0. The van der Waals surface area contributed by atoms with Crippen molar-refractivity contribution in [3.8, 4) is 0 Å². The lowest BCUT2D eigenvalue weighted by atomic mass is 10.0. The first-order valence-corrected chi connectivity index (χ1v) is 11.6. The fraction of sp³-hybridized carbons (Fsp3) is 0.577. The number of aliphatic hydroxyl groups is 1. The van der Waals surface area contributed by atoms with Crippen LogP contribution in [-0.2, 0) is 6.54 Å². The maximum absolute atomic E-state index is 10.1. The summed E-state index contributed by atoms with van der Waals surface area (Å²) in [6.45, 7) is 4.18. The van der Waals surface area contributed by atoms with Gasteiger partial charge in [0.1, 0.15) is 0 Å². The van der Waals surface area contributed by atoms with Gasteiger partial charge in [0, 0.05) is 12.7 Å². The Morgan fingerprint density at radius 3 is 2.00 bits per heavy atom. The molecule has 1 N–H and O–H groups in total. The lowest BCUT2D eigenvalue weighted by molar-refractivity contribution is 0.113. The van der Waals surface area contributed by atoms with Gasteiger partial charge in [-0.25, -0.2) is 0 Å². The smallest absolute Gasteiger partial charge is 0.0628 e. The van der Waals surface area contributed by atoms with Crippen LogP contribution in [0, 0.1) is 0 Å². The van der Waals surface area contributed by atoms with Gasteiger partial charge in [0.2, 0.25) is 0 Å². The van der Waals surface area contributed by atoms with Crippen LogP contribution in [0.15, 0.2) is 54.7 Å². The highest BCUT2D eigenvalue weighted by atomic mass is 16.3. The summed E-state index contributed by atoms with van der Waals surface area (Å²) in [5.41, 5.74) is 2.24. The summed E-state index contributed by atoms with van der Waals surface area (Å²) < 4.78 is 0. The third-order valence-electron chi connectivity index (χ3n) is 5.69. The second kappa shape index (κ2) is 15.2. The van der Waals surface area contributed by atoms with Gasteiger partial charge in [-0.05, 0) is 30.7 Å². The molecule has 160 valence electrons. The van der Waals surface area contributed by atoms with Crippen molar-refractivity contribution in [2.24, 2.45) is 0 Å². The zero-order chi connectivity index (χ0) is 20.6. The maximum atomic E-state index is 10.1. The van der Waals surface area contributed by atoms with E-state index >= 15 is 0 Å². The summed E-state index contributed by atoms with van der Waals surface area (Å²) in [5.74, 6) is 0. The number of pyridine rings is 1. The molecule has 3 heteroatoms. The van der Waals surface area contributed by atoms with Crippen LogP contribution in [0.1, 0.15) is 88.4 Å². The number of nitrogens with zero attached hydrogens (tertiary/aromatic N) is 2. The molecule has 0 fully saturated rings. The normalized spacial score (nSPS) is 12.4. The predicted octanol–water partition coefficient (Wildman–Crippen LogP) is 6.54. The molecular weight excluding hydrogens is 356 g/mol. The van der Waals surface area contributed by atoms with Gasteiger partial charge in [-0.3, -0.25) is 9.88 Å². The summed E-state index contributed by atoms with van der Waals surface area (Å²) in [5, 5.41) is 10.1. The van der Waals surface area contributed by atoms with Crippen LogP contribution in [0.5, 0.6) is 0 Å². The molecule has 0 aliphatic rings. The minimum absolute atomic E-state index is 0.0248. The molecular formula is C26H40N2O. The number of aliphatic hydroxyl groups excluding tert-OH is 1. The molecule has 1 aromatic carbocycles. The SMILES string of the molecule is CCCCCCCCCCCCN(Cc1ccccn1)[C@@H](CO)c1ccccc1. The lowest BCUT2D eigenvalue weighted by Crippen LogP contribution is -2.32. The maximum Gasteiger partial charge on any atom is 0.0628 e. The number of hydrogen-bond donors (Lipinski definition) is 1. The molecule has 2 rings (SSSR count). The molecule has 1 atom stereocenters. The van der Waals surface area contributed by atoms with Crippen LogP contribution in [-0.4, -0.2) is 28.1 Å². The van der Waals surface area contributed by atoms with E-state index in [2.05, 4.69) is 47.1 Å². The molecule has 0 spiro atoms. The second-order valence-electron chi connectivity index (χ2n) is 8.08. The molecule has 1 heterocycles. The number of benzene rings is 1. The zero-order valence-corrected chi connectivity index (χ0v) is 18.3. The number of rotatable bonds is 16. The zero-order valence-electron chi connectivity index (χ0n) is 18.3. The summed E-state index contributed by atoms with van der Waals surface area (Å²) in [6, 6.07) is 16.5. The van der Waals surface area contributed by atoms with E-state index in [0.717, 1.165) is 18.8 Å². The first kappa shape index (κ1) is 23.6. The summed E-state index contributed by atoms with van der Waals surface area (Å²) in [4.78, 5) is 6.90. The third-order valence-corrected chi connectivity index (χ3v) is 5.69. The Labute approximate surface area is 178 Å². The van der Waals surface area contributed by atoms with Crippen LogP contribution < -0.4 is 0 Å². The van der Waals surface area contributed by atoms with E-state index in [1.165, 1.54) is 69.8 Å². The van der Waals surface area contributed by atoms with Gasteiger partial charge >= 0.3 is 0 Å². The van der Waals surface area contributed by atoms with E-state index in [1.54, 1.807) is 0 Å². The van der Waals surface area contributed by atoms with Crippen molar-refractivity contribution in [2.45, 2.75) is 83.7 Å². The highest BCUT2D eigenvalue weighted by molar-refractivity contribution is 5.19. The molecule has 1 aromatic heterocycles. The largest absolute Gasteiger partial charge is 0.394 e. The monoisotopic (exact) mass is 396 g/mol. The van der Waals surface area contributed by atoms with Crippen LogP contribution in [0.25, 0.3) is 0 Å². The van der Waals surface area contributed by atoms with Crippen molar-refractivity contribution in [2.75, 3.05) is 13.2 Å². The van der Waals surface area contributed by atoms with Gasteiger partial charge in [-0.1, -0.05) is 101 Å². The van der Waals surface area contributed by atoms with E-state index < -0.39 is 0 Å². The van der Waals surface area contributed by atoms with E-state index in [1.807, 2.05) is 24.4 Å². The van der Waals surface area contributed by atoms with E-state index in [-0.39, 0.29) is 12.6 Å². The topological polar surface area (TPSA) is 36.4 Å². The molecule has 0 aliphatic heterocycles. The molecule has 0 saturated carbocycles. The summed E-state index contributed by atoms with van der Waals surface area (Å²) >= 11 is 0. The average molecular weight is 397 g/mol. The third kappa shape index (κ3) is 9.56. The van der Waals surface area contributed by atoms with Crippen molar-refractivity contribution in [3.05, 3.63) is 66.0 Å². The second-order valence-corrected chi connectivity index (χ2v) is 8.08. The Balaban J connectivity index is 1.79. The fourth-order valence-electron chi connectivity index (χ4n) is 3.95. The quantitative estimate of drug-likeness (QED) is 0.327. The van der Waals surface area contributed by atoms with Crippen molar-refractivity contribution >= 4 is 0 Å². The number of aromatic nitrogens is 1. The molecule has 0 aliphatic carbocycles. The number of hydrogen-bond acceptors (Lipinski definition) is 3. The van der Waals surface area contributed by atoms with Crippen molar-refractivity contribution in [3.63, 3.8) is 0 Å². The predicted molar refractivity (Wildman–Crippen MR) is 123 cm³/mol. The number of unbranched alkanes of at least 4 members (excludes halogenated alkanes) is 9. The van der Waals surface area contributed by atoms with Gasteiger partial charge in [0.15, 0.2) is 0 Å².